The van der Waals surface area contributed by atoms with Gasteiger partial charge in [0, 0.05) is 32.6 Å². The van der Waals surface area contributed by atoms with Crippen LogP contribution in [0.25, 0.3) is 0 Å². The predicted molar refractivity (Wildman–Crippen MR) is 84.9 cm³/mol. The van der Waals surface area contributed by atoms with Gasteiger partial charge < -0.3 is 19.7 Å². The highest BCUT2D eigenvalue weighted by Crippen LogP contribution is 2.10. The lowest BCUT2D eigenvalue weighted by Gasteiger charge is -2.34. The van der Waals surface area contributed by atoms with E-state index >= 15 is 0 Å². The van der Waals surface area contributed by atoms with Gasteiger partial charge in [0.25, 0.3) is 0 Å². The number of hydrogen-bond donors (Lipinski definition) is 1. The Morgan fingerprint density at radius 2 is 2.52 bits per heavy atom. The van der Waals surface area contributed by atoms with Crippen molar-refractivity contribution in [3.05, 3.63) is 16.1 Å². The molecule has 0 bridgehead atoms. The number of aromatic nitrogens is 1. The van der Waals surface area contributed by atoms with Crippen molar-refractivity contribution in [2.24, 2.45) is 4.99 Å². The summed E-state index contributed by atoms with van der Waals surface area (Å²) in [6, 6.07) is 0. The van der Waals surface area contributed by atoms with Crippen molar-refractivity contribution in [1.29, 1.82) is 0 Å². The number of aliphatic imine (C=N–C) groups is 1. The maximum Gasteiger partial charge on any atom is 0.194 e. The smallest absolute Gasteiger partial charge is 0.194 e. The zero-order valence-corrected chi connectivity index (χ0v) is 13.8. The summed E-state index contributed by atoms with van der Waals surface area (Å²) in [7, 11) is 3.50. The number of thiazole rings is 1. The molecule has 0 saturated carbocycles. The van der Waals surface area contributed by atoms with E-state index in [-0.39, 0.29) is 6.10 Å². The summed E-state index contributed by atoms with van der Waals surface area (Å²) >= 11 is 1.71. The van der Waals surface area contributed by atoms with Gasteiger partial charge in [0.1, 0.15) is 0 Å². The van der Waals surface area contributed by atoms with Crippen LogP contribution >= 0.6 is 11.3 Å². The molecule has 0 radical (unpaired) electrons. The minimum absolute atomic E-state index is 0.105. The van der Waals surface area contributed by atoms with Gasteiger partial charge >= 0.3 is 0 Å². The lowest BCUT2D eigenvalue weighted by atomic mass is 10.3. The maximum atomic E-state index is 5.66. The van der Waals surface area contributed by atoms with Crippen LogP contribution in [-0.4, -0.2) is 62.4 Å². The number of ether oxygens (including phenoxy) is 2. The molecule has 1 atom stereocenters. The molecule has 0 aliphatic carbocycles. The van der Waals surface area contributed by atoms with E-state index in [1.165, 1.54) is 5.01 Å². The van der Waals surface area contributed by atoms with Crippen LogP contribution < -0.4 is 5.32 Å². The summed E-state index contributed by atoms with van der Waals surface area (Å²) in [6.07, 6.45) is 1.09. The first-order chi connectivity index (χ1) is 10.3. The zero-order chi connectivity index (χ0) is 15.1. The van der Waals surface area contributed by atoms with Crippen LogP contribution in [-0.2, 0) is 22.4 Å². The van der Waals surface area contributed by atoms with E-state index in [0.29, 0.717) is 19.8 Å². The number of aryl methyl sites for hydroxylation is 1. The third-order valence-electron chi connectivity index (χ3n) is 3.33. The molecule has 0 aromatic carbocycles. The van der Waals surface area contributed by atoms with Crippen molar-refractivity contribution in [3.63, 3.8) is 0 Å². The van der Waals surface area contributed by atoms with Gasteiger partial charge in [-0.25, -0.2) is 4.98 Å². The second-order valence-electron chi connectivity index (χ2n) is 4.88. The Bertz CT molecular complexity index is 462. The molecule has 0 amide bonds. The molecular weight excluding hydrogens is 288 g/mol. The average Bonchev–Trinajstić information content (AvgIpc) is 2.97. The summed E-state index contributed by atoms with van der Waals surface area (Å²) in [5.74, 6) is 0.894. The molecule has 1 aliphatic heterocycles. The lowest BCUT2D eigenvalue weighted by molar-refractivity contribution is -0.0447. The number of guanidine groups is 1. The fraction of sp³-hybridized carbons (Fsp3) is 0.714. The average molecular weight is 312 g/mol. The Morgan fingerprint density at radius 3 is 3.19 bits per heavy atom. The summed E-state index contributed by atoms with van der Waals surface area (Å²) in [5, 5.41) is 6.66. The molecule has 1 aliphatic rings. The largest absolute Gasteiger partial charge is 0.382 e. The highest BCUT2D eigenvalue weighted by molar-refractivity contribution is 7.09. The molecule has 21 heavy (non-hydrogen) atoms. The van der Waals surface area contributed by atoms with E-state index in [4.69, 9.17) is 9.47 Å². The third-order valence-corrected chi connectivity index (χ3v) is 4.37. The van der Waals surface area contributed by atoms with Gasteiger partial charge in [-0.05, 0) is 6.42 Å². The van der Waals surface area contributed by atoms with Crippen molar-refractivity contribution in [2.45, 2.75) is 26.0 Å². The molecule has 6 nitrogen and oxygen atoms in total. The first kappa shape index (κ1) is 16.2. The number of nitrogens with zero attached hydrogens (tertiary/aromatic N) is 3. The molecule has 0 spiro atoms. The molecule has 7 heteroatoms. The molecule has 2 heterocycles. The van der Waals surface area contributed by atoms with Crippen molar-refractivity contribution in [2.75, 3.05) is 40.5 Å². The van der Waals surface area contributed by atoms with Crippen LogP contribution in [0.1, 0.15) is 17.6 Å². The summed E-state index contributed by atoms with van der Waals surface area (Å²) in [4.78, 5) is 11.1. The summed E-state index contributed by atoms with van der Waals surface area (Å²) in [6.45, 7) is 5.78. The Labute approximate surface area is 130 Å². The second-order valence-corrected chi connectivity index (χ2v) is 5.82. The highest BCUT2D eigenvalue weighted by atomic mass is 32.1. The van der Waals surface area contributed by atoms with Gasteiger partial charge in [0.15, 0.2) is 5.96 Å². The molecule has 1 aromatic rings. The van der Waals surface area contributed by atoms with Crippen LogP contribution in [0.4, 0.5) is 0 Å². The van der Waals surface area contributed by atoms with Crippen LogP contribution in [0.2, 0.25) is 0 Å². The van der Waals surface area contributed by atoms with Crippen LogP contribution in [0.5, 0.6) is 0 Å². The van der Waals surface area contributed by atoms with E-state index in [2.05, 4.69) is 32.5 Å². The molecule has 1 aromatic heterocycles. The van der Waals surface area contributed by atoms with Gasteiger partial charge in [-0.1, -0.05) is 6.92 Å². The van der Waals surface area contributed by atoms with Crippen molar-refractivity contribution < 1.29 is 9.47 Å². The van der Waals surface area contributed by atoms with E-state index in [9.17, 15) is 0 Å². The van der Waals surface area contributed by atoms with Gasteiger partial charge in [-0.3, -0.25) is 4.99 Å². The van der Waals surface area contributed by atoms with Crippen molar-refractivity contribution in [3.8, 4) is 0 Å². The monoisotopic (exact) mass is 312 g/mol. The molecule has 1 N–H and O–H groups in total. The Morgan fingerprint density at radius 1 is 1.67 bits per heavy atom. The third kappa shape index (κ3) is 4.66. The zero-order valence-electron chi connectivity index (χ0n) is 13.0. The SMILES string of the molecule is CCc1nc(CNC(=NC)N2CCOC(COC)C2)cs1. The topological polar surface area (TPSA) is 59.0 Å². The number of methoxy groups -OCH3 is 1. The van der Waals surface area contributed by atoms with E-state index < -0.39 is 0 Å². The minimum atomic E-state index is 0.105. The Balaban J connectivity index is 1.87. The lowest BCUT2D eigenvalue weighted by Crippen LogP contribution is -2.51. The second kappa shape index (κ2) is 8.31. The predicted octanol–water partition coefficient (Wildman–Crippen LogP) is 1.13. The molecule has 1 saturated heterocycles. The molecule has 118 valence electrons. The molecular formula is C14H24N4O2S. The first-order valence-electron chi connectivity index (χ1n) is 7.26. The fourth-order valence-corrected chi connectivity index (χ4v) is 3.04. The van der Waals surface area contributed by atoms with E-state index in [1.807, 2.05) is 7.05 Å². The van der Waals surface area contributed by atoms with Crippen LogP contribution in [0, 0.1) is 0 Å². The molecule has 2 rings (SSSR count). The standard InChI is InChI=1S/C14H24N4O2S/c1-4-13-17-11(10-21-13)7-16-14(15-2)18-5-6-20-12(8-18)9-19-3/h10,12H,4-9H2,1-3H3,(H,15,16). The van der Waals surface area contributed by atoms with Crippen molar-refractivity contribution >= 4 is 17.3 Å². The molecule has 1 fully saturated rings. The highest BCUT2D eigenvalue weighted by Gasteiger charge is 2.22. The minimum Gasteiger partial charge on any atom is -0.382 e. The fourth-order valence-electron chi connectivity index (χ4n) is 2.29. The maximum absolute atomic E-state index is 5.66. The Hall–Kier alpha value is -1.18. The van der Waals surface area contributed by atoms with E-state index in [0.717, 1.165) is 31.2 Å². The molecule has 1 unspecified atom stereocenters. The Kier molecular flexibility index (Phi) is 6.41. The van der Waals surface area contributed by atoms with Crippen LogP contribution in [0.3, 0.4) is 0 Å². The number of nitrogens with one attached hydrogen (secondary N) is 1. The van der Waals surface area contributed by atoms with E-state index in [1.54, 1.807) is 18.4 Å². The van der Waals surface area contributed by atoms with Gasteiger partial charge in [0.2, 0.25) is 0 Å². The van der Waals surface area contributed by atoms with Gasteiger partial charge in [-0.2, -0.15) is 0 Å². The summed E-state index contributed by atoms with van der Waals surface area (Å²) < 4.78 is 10.8. The normalized spacial score (nSPS) is 19.9. The summed E-state index contributed by atoms with van der Waals surface area (Å²) in [5.41, 5.74) is 1.07. The number of morpholine rings is 1. The number of hydrogen-bond acceptors (Lipinski definition) is 5. The van der Waals surface area contributed by atoms with Crippen molar-refractivity contribution in [1.82, 2.24) is 15.2 Å². The number of rotatable bonds is 5. The first-order valence-corrected chi connectivity index (χ1v) is 8.14. The van der Waals surface area contributed by atoms with Gasteiger partial charge in [-0.15, -0.1) is 11.3 Å². The van der Waals surface area contributed by atoms with Gasteiger partial charge in [0.05, 0.1) is 36.6 Å². The van der Waals surface area contributed by atoms with Crippen LogP contribution in [0.15, 0.2) is 10.4 Å². The quantitative estimate of drug-likeness (QED) is 0.652.